The van der Waals surface area contributed by atoms with Crippen LogP contribution in [0.15, 0.2) is 22.7 Å². The number of piperazine rings is 1. The minimum absolute atomic E-state index is 0.661. The minimum atomic E-state index is 0.661. The topological polar surface area (TPSA) is 15.3 Å². The molecule has 0 bridgehead atoms. The lowest BCUT2D eigenvalue weighted by molar-refractivity contribution is 0.405. The van der Waals surface area contributed by atoms with Gasteiger partial charge in [0.1, 0.15) is 0 Å². The van der Waals surface area contributed by atoms with E-state index in [2.05, 4.69) is 51.3 Å². The summed E-state index contributed by atoms with van der Waals surface area (Å²) in [6.45, 7) is 4.53. The normalized spacial score (nSPS) is 27.8. The zero-order valence-electron chi connectivity index (χ0n) is 9.54. The van der Waals surface area contributed by atoms with Gasteiger partial charge in [-0.2, -0.15) is 0 Å². The van der Waals surface area contributed by atoms with E-state index in [0.717, 1.165) is 13.1 Å². The SMILES string of the molecule is CC[C@@H]1CNC[C@H]2Cc3ccc(Br)cc3N12. The summed E-state index contributed by atoms with van der Waals surface area (Å²) in [7, 11) is 0. The van der Waals surface area contributed by atoms with Crippen LogP contribution < -0.4 is 10.2 Å². The standard InChI is InChI=1S/C13H17BrN2/c1-2-11-7-15-8-12-5-9-3-4-10(14)6-13(9)16(11)12/h3-4,6,11-12,15H,2,5,7-8H2,1H3/t11-,12-/m1/s1. The van der Waals surface area contributed by atoms with Crippen LogP contribution in [0.3, 0.4) is 0 Å². The molecule has 86 valence electrons. The van der Waals surface area contributed by atoms with E-state index in [1.807, 2.05) is 0 Å². The maximum Gasteiger partial charge on any atom is 0.0459 e. The van der Waals surface area contributed by atoms with Crippen molar-refractivity contribution in [3.8, 4) is 0 Å². The van der Waals surface area contributed by atoms with Gasteiger partial charge in [0.05, 0.1) is 0 Å². The van der Waals surface area contributed by atoms with Crippen LogP contribution in [0, 0.1) is 0 Å². The van der Waals surface area contributed by atoms with Crippen molar-refractivity contribution in [3.05, 3.63) is 28.2 Å². The van der Waals surface area contributed by atoms with Crippen molar-refractivity contribution in [2.24, 2.45) is 0 Å². The first kappa shape index (κ1) is 10.6. The number of hydrogen-bond donors (Lipinski definition) is 1. The Bertz CT molecular complexity index is 399. The first-order valence-corrected chi connectivity index (χ1v) is 6.86. The summed E-state index contributed by atoms with van der Waals surface area (Å²) in [4.78, 5) is 2.64. The fourth-order valence-corrected chi connectivity index (χ4v) is 3.37. The Morgan fingerprint density at radius 3 is 3.12 bits per heavy atom. The monoisotopic (exact) mass is 280 g/mol. The van der Waals surface area contributed by atoms with Crippen LogP contribution in [0.5, 0.6) is 0 Å². The van der Waals surface area contributed by atoms with Crippen molar-refractivity contribution < 1.29 is 0 Å². The molecule has 2 aliphatic rings. The molecule has 3 rings (SSSR count). The maximum atomic E-state index is 3.58. The molecule has 0 aromatic heterocycles. The number of fused-ring (bicyclic) bond motifs is 3. The zero-order chi connectivity index (χ0) is 11.1. The first-order chi connectivity index (χ1) is 7.79. The minimum Gasteiger partial charge on any atom is -0.362 e. The number of rotatable bonds is 1. The Balaban J connectivity index is 2.01. The van der Waals surface area contributed by atoms with Crippen LogP contribution in [-0.2, 0) is 6.42 Å². The molecule has 2 atom stereocenters. The van der Waals surface area contributed by atoms with Gasteiger partial charge in [0, 0.05) is 35.3 Å². The van der Waals surface area contributed by atoms with Gasteiger partial charge in [0.25, 0.3) is 0 Å². The molecule has 0 spiro atoms. The van der Waals surface area contributed by atoms with Crippen molar-refractivity contribution in [2.45, 2.75) is 31.8 Å². The predicted molar refractivity (Wildman–Crippen MR) is 71.1 cm³/mol. The third-order valence-electron chi connectivity index (χ3n) is 3.80. The molecular weight excluding hydrogens is 264 g/mol. The summed E-state index contributed by atoms with van der Waals surface area (Å²) in [6.07, 6.45) is 2.42. The Hall–Kier alpha value is -0.540. The summed E-state index contributed by atoms with van der Waals surface area (Å²) >= 11 is 3.58. The average Bonchev–Trinajstić information content (AvgIpc) is 2.66. The van der Waals surface area contributed by atoms with Gasteiger partial charge in [-0.3, -0.25) is 0 Å². The van der Waals surface area contributed by atoms with Gasteiger partial charge < -0.3 is 10.2 Å². The van der Waals surface area contributed by atoms with Gasteiger partial charge >= 0.3 is 0 Å². The summed E-state index contributed by atoms with van der Waals surface area (Å²) < 4.78 is 1.19. The summed E-state index contributed by atoms with van der Waals surface area (Å²) in [5.74, 6) is 0. The summed E-state index contributed by atoms with van der Waals surface area (Å²) in [5, 5.41) is 3.55. The van der Waals surface area contributed by atoms with Crippen LogP contribution in [0.4, 0.5) is 5.69 Å². The molecule has 1 fully saturated rings. The lowest BCUT2D eigenvalue weighted by atomic mass is 10.1. The van der Waals surface area contributed by atoms with Crippen molar-refractivity contribution in [2.75, 3.05) is 18.0 Å². The Kier molecular flexibility index (Phi) is 2.68. The zero-order valence-corrected chi connectivity index (χ0v) is 11.1. The Morgan fingerprint density at radius 1 is 1.44 bits per heavy atom. The van der Waals surface area contributed by atoms with E-state index in [4.69, 9.17) is 0 Å². The van der Waals surface area contributed by atoms with Gasteiger partial charge in [0.2, 0.25) is 0 Å². The van der Waals surface area contributed by atoms with Crippen LogP contribution in [0.25, 0.3) is 0 Å². The second kappa shape index (κ2) is 4.04. The molecule has 2 aliphatic heterocycles. The van der Waals surface area contributed by atoms with E-state index in [1.165, 1.54) is 28.6 Å². The molecule has 3 heteroatoms. The maximum absolute atomic E-state index is 3.58. The quantitative estimate of drug-likeness (QED) is 0.851. The molecule has 1 aromatic carbocycles. The van der Waals surface area contributed by atoms with Crippen LogP contribution in [0.2, 0.25) is 0 Å². The number of nitrogens with zero attached hydrogens (tertiary/aromatic N) is 1. The third-order valence-corrected chi connectivity index (χ3v) is 4.29. The molecule has 1 saturated heterocycles. The number of halogens is 1. The van der Waals surface area contributed by atoms with Crippen molar-refractivity contribution in [1.29, 1.82) is 0 Å². The van der Waals surface area contributed by atoms with Gasteiger partial charge in [-0.25, -0.2) is 0 Å². The highest BCUT2D eigenvalue weighted by atomic mass is 79.9. The lowest BCUT2D eigenvalue weighted by Gasteiger charge is -2.40. The van der Waals surface area contributed by atoms with Crippen LogP contribution in [0.1, 0.15) is 18.9 Å². The van der Waals surface area contributed by atoms with E-state index in [1.54, 1.807) is 0 Å². The summed E-state index contributed by atoms with van der Waals surface area (Å²) in [6, 6.07) is 8.04. The number of benzene rings is 1. The highest BCUT2D eigenvalue weighted by Crippen LogP contribution is 2.37. The van der Waals surface area contributed by atoms with Gasteiger partial charge in [-0.05, 0) is 30.5 Å². The molecule has 0 radical (unpaired) electrons. The highest BCUT2D eigenvalue weighted by molar-refractivity contribution is 9.10. The number of anilines is 1. The molecule has 0 saturated carbocycles. The molecule has 16 heavy (non-hydrogen) atoms. The largest absolute Gasteiger partial charge is 0.362 e. The van der Waals surface area contributed by atoms with Crippen molar-refractivity contribution in [1.82, 2.24) is 5.32 Å². The predicted octanol–water partition coefficient (Wildman–Crippen LogP) is 2.56. The number of nitrogens with one attached hydrogen (secondary N) is 1. The Morgan fingerprint density at radius 2 is 2.31 bits per heavy atom. The molecule has 0 aliphatic carbocycles. The fraction of sp³-hybridized carbons (Fsp3) is 0.538. The van der Waals surface area contributed by atoms with Crippen molar-refractivity contribution >= 4 is 21.6 Å². The lowest BCUT2D eigenvalue weighted by Crippen LogP contribution is -2.55. The van der Waals surface area contributed by atoms with Gasteiger partial charge in [-0.1, -0.05) is 28.9 Å². The van der Waals surface area contributed by atoms with Crippen LogP contribution in [-0.4, -0.2) is 25.2 Å². The van der Waals surface area contributed by atoms with E-state index in [-0.39, 0.29) is 0 Å². The summed E-state index contributed by atoms with van der Waals surface area (Å²) in [5.41, 5.74) is 2.96. The fourth-order valence-electron chi connectivity index (χ4n) is 3.02. The van der Waals surface area contributed by atoms with Crippen molar-refractivity contribution in [3.63, 3.8) is 0 Å². The molecule has 0 unspecified atom stereocenters. The number of hydrogen-bond acceptors (Lipinski definition) is 2. The van der Waals surface area contributed by atoms with Gasteiger partial charge in [-0.15, -0.1) is 0 Å². The van der Waals surface area contributed by atoms with E-state index < -0.39 is 0 Å². The molecule has 0 amide bonds. The highest BCUT2D eigenvalue weighted by Gasteiger charge is 2.35. The molecule has 1 aromatic rings. The third kappa shape index (κ3) is 1.57. The van der Waals surface area contributed by atoms with E-state index in [9.17, 15) is 0 Å². The second-order valence-corrected chi connectivity index (χ2v) is 5.67. The molecular formula is C13H17BrN2. The Labute approximate surface area is 105 Å². The van der Waals surface area contributed by atoms with E-state index >= 15 is 0 Å². The van der Waals surface area contributed by atoms with Crippen LogP contribution >= 0.6 is 15.9 Å². The molecule has 2 nitrogen and oxygen atoms in total. The molecule has 2 heterocycles. The first-order valence-electron chi connectivity index (χ1n) is 6.07. The van der Waals surface area contributed by atoms with E-state index in [0.29, 0.717) is 12.1 Å². The smallest absolute Gasteiger partial charge is 0.0459 e. The molecule has 1 N–H and O–H groups in total. The van der Waals surface area contributed by atoms with Gasteiger partial charge in [0.15, 0.2) is 0 Å². The second-order valence-electron chi connectivity index (χ2n) is 4.76. The average molecular weight is 281 g/mol.